The molecule has 32 heavy (non-hydrogen) atoms. The molecule has 0 bridgehead atoms. The minimum Gasteiger partial charge on any atom is -0.462 e. The van der Waals surface area contributed by atoms with E-state index in [9.17, 15) is 9.59 Å². The molecule has 4 aliphatic carbocycles. The molecule has 180 valence electrons. The lowest BCUT2D eigenvalue weighted by atomic mass is 9.53. The van der Waals surface area contributed by atoms with E-state index in [1.807, 2.05) is 6.08 Å². The van der Waals surface area contributed by atoms with E-state index in [2.05, 4.69) is 13.8 Å². The summed E-state index contributed by atoms with van der Waals surface area (Å²) in [5, 5.41) is 0. The van der Waals surface area contributed by atoms with Crippen molar-refractivity contribution in [2.24, 2.45) is 35.5 Å². The van der Waals surface area contributed by atoms with Gasteiger partial charge < -0.3 is 4.74 Å². The summed E-state index contributed by atoms with van der Waals surface area (Å²) in [6.45, 7) is 4.52. The van der Waals surface area contributed by atoms with E-state index < -0.39 is 0 Å². The lowest BCUT2D eigenvalue weighted by Crippen LogP contribution is -2.45. The van der Waals surface area contributed by atoms with Gasteiger partial charge in [-0.1, -0.05) is 64.4 Å². The Kier molecular flexibility index (Phi) is 8.51. The summed E-state index contributed by atoms with van der Waals surface area (Å²) in [6, 6.07) is 0. The van der Waals surface area contributed by atoms with Crippen molar-refractivity contribution in [1.29, 1.82) is 0 Å². The van der Waals surface area contributed by atoms with Gasteiger partial charge in [-0.3, -0.25) is 9.59 Å². The van der Waals surface area contributed by atoms with Crippen molar-refractivity contribution < 1.29 is 14.3 Å². The van der Waals surface area contributed by atoms with E-state index >= 15 is 0 Å². The molecule has 4 aliphatic rings. The van der Waals surface area contributed by atoms with Crippen LogP contribution in [0.3, 0.4) is 0 Å². The summed E-state index contributed by atoms with van der Waals surface area (Å²) in [6.07, 6.45) is 20.5. The molecule has 7 atom stereocenters. The zero-order valence-electron chi connectivity index (χ0n) is 20.7. The number of esters is 1. The second kappa shape index (κ2) is 11.3. The highest BCUT2D eigenvalue weighted by atomic mass is 16.5. The minimum atomic E-state index is 0.0528. The molecule has 3 nitrogen and oxygen atoms in total. The van der Waals surface area contributed by atoms with Crippen LogP contribution in [0.1, 0.15) is 117 Å². The predicted octanol–water partition coefficient (Wildman–Crippen LogP) is 7.43. The Morgan fingerprint density at radius 1 is 0.875 bits per heavy atom. The van der Waals surface area contributed by atoms with E-state index in [0.29, 0.717) is 30.0 Å². The molecule has 3 saturated carbocycles. The average Bonchev–Trinajstić information content (AvgIpc) is 3.20. The standard InChI is InChI=1S/C29H46O3/c1-3-5-6-7-8-9-10-11-28(31)32-27-17-16-23-24-13-12-21-19-22(30)18-20(4-2)29(21)26(24)15-14-25(23)27/h19-20,23-27,29H,3-18H2,1-2H3/t20?,23-,24-,25-,26-,27-,29-/m0/s1. The summed E-state index contributed by atoms with van der Waals surface area (Å²) in [4.78, 5) is 24.7. The number of carbonyl (C=O) groups is 2. The Labute approximate surface area is 196 Å². The smallest absolute Gasteiger partial charge is 0.306 e. The molecule has 0 saturated heterocycles. The second-order valence-corrected chi connectivity index (χ2v) is 11.3. The fourth-order valence-electron chi connectivity index (χ4n) is 8.03. The maximum Gasteiger partial charge on any atom is 0.306 e. The first-order valence-corrected chi connectivity index (χ1v) is 14.0. The van der Waals surface area contributed by atoms with E-state index in [0.717, 1.165) is 56.3 Å². The summed E-state index contributed by atoms with van der Waals surface area (Å²) in [5.74, 6) is 4.49. The van der Waals surface area contributed by atoms with Crippen molar-refractivity contribution in [1.82, 2.24) is 0 Å². The first-order chi connectivity index (χ1) is 15.6. The van der Waals surface area contributed by atoms with Gasteiger partial charge in [0.1, 0.15) is 6.10 Å². The van der Waals surface area contributed by atoms with Crippen molar-refractivity contribution >= 4 is 11.8 Å². The number of hydrogen-bond acceptors (Lipinski definition) is 3. The SMILES string of the molecule is CCCCCCCCCC(=O)O[C@H]1CC[C@H]2[C@@H]3CCC4=CC(=O)CC(CC)[C@@H]4[C@H]3CC[C@@H]21. The van der Waals surface area contributed by atoms with Crippen LogP contribution in [0.25, 0.3) is 0 Å². The van der Waals surface area contributed by atoms with Gasteiger partial charge in [0.05, 0.1) is 0 Å². The normalized spacial score (nSPS) is 36.1. The number of hydrogen-bond donors (Lipinski definition) is 0. The molecule has 3 fully saturated rings. The number of carbonyl (C=O) groups excluding carboxylic acids is 2. The highest BCUT2D eigenvalue weighted by molar-refractivity contribution is 5.91. The van der Waals surface area contributed by atoms with Gasteiger partial charge in [-0.15, -0.1) is 0 Å². The van der Waals surface area contributed by atoms with Gasteiger partial charge in [-0.05, 0) is 86.5 Å². The molecule has 0 amide bonds. The molecule has 0 radical (unpaired) electrons. The lowest BCUT2D eigenvalue weighted by Gasteiger charge is -2.51. The van der Waals surface area contributed by atoms with Gasteiger partial charge >= 0.3 is 5.97 Å². The van der Waals surface area contributed by atoms with Crippen LogP contribution in [0.5, 0.6) is 0 Å². The largest absolute Gasteiger partial charge is 0.462 e. The summed E-state index contributed by atoms with van der Waals surface area (Å²) in [7, 11) is 0. The van der Waals surface area contributed by atoms with Crippen LogP contribution in [0, 0.1) is 35.5 Å². The van der Waals surface area contributed by atoms with Crippen LogP contribution < -0.4 is 0 Å². The predicted molar refractivity (Wildman–Crippen MR) is 129 cm³/mol. The van der Waals surface area contributed by atoms with Crippen LogP contribution in [0.4, 0.5) is 0 Å². The van der Waals surface area contributed by atoms with Gasteiger partial charge in [0.2, 0.25) is 0 Å². The molecule has 0 heterocycles. The molecule has 1 unspecified atom stereocenters. The van der Waals surface area contributed by atoms with Gasteiger partial charge in [-0.2, -0.15) is 0 Å². The second-order valence-electron chi connectivity index (χ2n) is 11.3. The Balaban J connectivity index is 1.26. The van der Waals surface area contributed by atoms with E-state index in [1.165, 1.54) is 63.4 Å². The van der Waals surface area contributed by atoms with Crippen molar-refractivity contribution in [3.8, 4) is 0 Å². The highest BCUT2D eigenvalue weighted by Gasteiger charge is 2.52. The molecular formula is C29H46O3. The Hall–Kier alpha value is -1.12. The third-order valence-corrected chi connectivity index (χ3v) is 9.51. The summed E-state index contributed by atoms with van der Waals surface area (Å²) in [5.41, 5.74) is 1.48. The van der Waals surface area contributed by atoms with Gasteiger partial charge in [0.25, 0.3) is 0 Å². The zero-order chi connectivity index (χ0) is 22.5. The van der Waals surface area contributed by atoms with Crippen LogP contribution >= 0.6 is 0 Å². The van der Waals surface area contributed by atoms with Crippen molar-refractivity contribution in [2.45, 2.75) is 123 Å². The van der Waals surface area contributed by atoms with Crippen LogP contribution in [-0.4, -0.2) is 17.9 Å². The lowest BCUT2D eigenvalue weighted by molar-refractivity contribution is -0.152. The molecule has 0 aromatic rings. The third-order valence-electron chi connectivity index (χ3n) is 9.51. The molecular weight excluding hydrogens is 396 g/mol. The molecule has 0 aliphatic heterocycles. The van der Waals surface area contributed by atoms with Crippen LogP contribution in [-0.2, 0) is 14.3 Å². The summed E-state index contributed by atoms with van der Waals surface area (Å²) < 4.78 is 6.07. The van der Waals surface area contributed by atoms with Crippen molar-refractivity contribution in [3.63, 3.8) is 0 Å². The topological polar surface area (TPSA) is 43.4 Å². The molecule has 0 N–H and O–H groups in total. The number of fused-ring (bicyclic) bond motifs is 5. The average molecular weight is 443 g/mol. The first kappa shape index (κ1) is 24.0. The maximum absolute atomic E-state index is 12.5. The summed E-state index contributed by atoms with van der Waals surface area (Å²) >= 11 is 0. The van der Waals surface area contributed by atoms with E-state index in [-0.39, 0.29) is 12.1 Å². The molecule has 3 heteroatoms. The molecule has 0 aromatic carbocycles. The van der Waals surface area contributed by atoms with E-state index in [4.69, 9.17) is 4.74 Å². The molecule has 0 aromatic heterocycles. The molecule has 4 rings (SSSR count). The Morgan fingerprint density at radius 2 is 1.56 bits per heavy atom. The monoisotopic (exact) mass is 442 g/mol. The number of ketones is 1. The Bertz CT molecular complexity index is 680. The van der Waals surface area contributed by atoms with Crippen LogP contribution in [0.2, 0.25) is 0 Å². The van der Waals surface area contributed by atoms with Crippen LogP contribution in [0.15, 0.2) is 11.6 Å². The number of allylic oxidation sites excluding steroid dienone is 1. The van der Waals surface area contributed by atoms with Gasteiger partial charge in [0.15, 0.2) is 5.78 Å². The number of rotatable bonds is 10. The number of unbranched alkanes of at least 4 members (excludes halogenated alkanes) is 6. The fourth-order valence-corrected chi connectivity index (χ4v) is 8.03. The van der Waals surface area contributed by atoms with E-state index in [1.54, 1.807) is 0 Å². The first-order valence-electron chi connectivity index (χ1n) is 14.0. The zero-order valence-corrected chi connectivity index (χ0v) is 20.7. The highest BCUT2D eigenvalue weighted by Crippen LogP contribution is 2.58. The van der Waals surface area contributed by atoms with Crippen molar-refractivity contribution in [2.75, 3.05) is 0 Å². The minimum absolute atomic E-state index is 0.0528. The van der Waals surface area contributed by atoms with Crippen molar-refractivity contribution in [3.05, 3.63) is 11.6 Å². The molecule has 0 spiro atoms. The maximum atomic E-state index is 12.5. The van der Waals surface area contributed by atoms with Gasteiger partial charge in [-0.25, -0.2) is 0 Å². The fraction of sp³-hybridized carbons (Fsp3) is 0.862. The Morgan fingerprint density at radius 3 is 2.34 bits per heavy atom. The third kappa shape index (κ3) is 5.33. The number of ether oxygens (including phenoxy) is 1. The van der Waals surface area contributed by atoms with Gasteiger partial charge in [0, 0.05) is 12.8 Å². The quantitative estimate of drug-likeness (QED) is 0.261.